The topological polar surface area (TPSA) is 171 Å². The molecule has 2 amide bonds. The Kier molecular flexibility index (Phi) is 8.01. The highest BCUT2D eigenvalue weighted by Crippen LogP contribution is 2.39. The van der Waals surface area contributed by atoms with E-state index in [4.69, 9.17) is 11.5 Å². The van der Waals surface area contributed by atoms with Crippen molar-refractivity contribution in [2.24, 2.45) is 22.4 Å². The first-order valence-corrected chi connectivity index (χ1v) is 9.16. The maximum absolute atomic E-state index is 13.1. The summed E-state index contributed by atoms with van der Waals surface area (Å²) in [7, 11) is 0. The van der Waals surface area contributed by atoms with Gasteiger partial charge in [0.05, 0.1) is 6.04 Å². The van der Waals surface area contributed by atoms with E-state index >= 15 is 0 Å². The minimum atomic E-state index is -2.06. The maximum Gasteiger partial charge on any atom is 0.335 e. The monoisotopic (exact) mass is 385 g/mol. The van der Waals surface area contributed by atoms with Crippen molar-refractivity contribution in [3.05, 3.63) is 0 Å². The first-order valence-electron chi connectivity index (χ1n) is 9.16. The fourth-order valence-electron chi connectivity index (χ4n) is 3.59. The molecule has 0 bridgehead atoms. The summed E-state index contributed by atoms with van der Waals surface area (Å²) < 4.78 is 0. The molecule has 1 aliphatic rings. The first-order chi connectivity index (χ1) is 12.6. The molecule has 1 saturated carbocycles. The summed E-state index contributed by atoms with van der Waals surface area (Å²) in [5, 5.41) is 22.4. The highest BCUT2D eigenvalue weighted by Gasteiger charge is 2.53. The lowest BCUT2D eigenvalue weighted by molar-refractivity contribution is -0.158. The lowest BCUT2D eigenvalue weighted by Crippen LogP contribution is -2.54. The van der Waals surface area contributed by atoms with Crippen molar-refractivity contribution in [2.75, 3.05) is 13.1 Å². The summed E-state index contributed by atoms with van der Waals surface area (Å²) in [6, 6.07) is -1.83. The molecular weight excluding hydrogens is 354 g/mol. The van der Waals surface area contributed by atoms with Gasteiger partial charge in [0.15, 0.2) is 11.6 Å². The van der Waals surface area contributed by atoms with Gasteiger partial charge in [-0.15, -0.1) is 0 Å². The van der Waals surface area contributed by atoms with Gasteiger partial charge in [0.25, 0.3) is 0 Å². The Morgan fingerprint density at radius 1 is 1.22 bits per heavy atom. The standard InChI is InChI=1S/C17H31N5O5/c1-4-6-22(7-5-2)14(24)13(20-10(3)23)11-8-17(27,15(25)26)9-12(11)21-16(18)19/h11-13,27H,4-9H2,1-3H3,(H,20,23)(H,25,26)(H4,18,19,21)/t11-,12-,13+,17-/m0/s1. The molecule has 1 fully saturated rings. The van der Waals surface area contributed by atoms with E-state index in [1.807, 2.05) is 13.8 Å². The van der Waals surface area contributed by atoms with Gasteiger partial charge in [0.1, 0.15) is 6.04 Å². The Morgan fingerprint density at radius 3 is 2.19 bits per heavy atom. The number of aliphatic imine (C=N–C) groups is 1. The van der Waals surface area contributed by atoms with Crippen molar-refractivity contribution in [2.45, 2.75) is 64.1 Å². The van der Waals surface area contributed by atoms with Crippen LogP contribution in [0.1, 0.15) is 46.5 Å². The number of rotatable bonds is 9. The van der Waals surface area contributed by atoms with Crippen molar-refractivity contribution in [3.63, 3.8) is 0 Å². The quantitative estimate of drug-likeness (QED) is 0.250. The molecule has 0 spiro atoms. The number of carbonyl (C=O) groups is 3. The number of hydrogen-bond donors (Lipinski definition) is 5. The fourth-order valence-corrected chi connectivity index (χ4v) is 3.59. The van der Waals surface area contributed by atoms with Gasteiger partial charge in [-0.2, -0.15) is 0 Å². The minimum Gasteiger partial charge on any atom is -0.479 e. The van der Waals surface area contributed by atoms with E-state index < -0.39 is 35.5 Å². The lowest BCUT2D eigenvalue weighted by atomic mass is 9.91. The molecule has 0 aromatic rings. The zero-order valence-corrected chi connectivity index (χ0v) is 16.1. The minimum absolute atomic E-state index is 0.240. The Labute approximate surface area is 159 Å². The number of nitrogens with one attached hydrogen (secondary N) is 1. The third-order valence-electron chi connectivity index (χ3n) is 4.68. The van der Waals surface area contributed by atoms with Crippen LogP contribution in [0.3, 0.4) is 0 Å². The molecule has 0 saturated heterocycles. The van der Waals surface area contributed by atoms with Crippen molar-refractivity contribution in [1.29, 1.82) is 0 Å². The van der Waals surface area contributed by atoms with Gasteiger partial charge in [-0.25, -0.2) is 9.79 Å². The van der Waals surface area contributed by atoms with Gasteiger partial charge in [-0.1, -0.05) is 13.8 Å². The zero-order valence-electron chi connectivity index (χ0n) is 16.1. The summed E-state index contributed by atoms with van der Waals surface area (Å²) in [5.74, 6) is -3.19. The molecule has 7 N–H and O–H groups in total. The van der Waals surface area contributed by atoms with E-state index in [9.17, 15) is 24.6 Å². The second kappa shape index (κ2) is 9.54. The normalized spacial score (nSPS) is 25.5. The van der Waals surface area contributed by atoms with Gasteiger partial charge in [-0.05, 0) is 19.3 Å². The van der Waals surface area contributed by atoms with E-state index in [0.29, 0.717) is 13.1 Å². The van der Waals surface area contributed by atoms with Crippen LogP contribution in [-0.4, -0.2) is 69.6 Å². The average Bonchev–Trinajstić information content (AvgIpc) is 2.88. The maximum atomic E-state index is 13.1. The van der Waals surface area contributed by atoms with Gasteiger partial charge < -0.3 is 31.9 Å². The zero-order chi connectivity index (χ0) is 20.8. The van der Waals surface area contributed by atoms with Crippen molar-refractivity contribution in [1.82, 2.24) is 10.2 Å². The molecule has 0 aromatic carbocycles. The molecule has 1 rings (SSSR count). The molecular formula is C17H31N5O5. The number of guanidine groups is 1. The summed E-state index contributed by atoms with van der Waals surface area (Å²) in [4.78, 5) is 42.0. The van der Waals surface area contributed by atoms with Gasteiger partial charge >= 0.3 is 5.97 Å². The number of nitrogens with two attached hydrogens (primary N) is 2. The summed E-state index contributed by atoms with van der Waals surface area (Å²) >= 11 is 0. The number of carboxylic acids is 1. The molecule has 10 heteroatoms. The first kappa shape index (κ1) is 22.7. The van der Waals surface area contributed by atoms with Gasteiger partial charge in [0.2, 0.25) is 11.8 Å². The van der Waals surface area contributed by atoms with E-state index in [1.165, 1.54) is 6.92 Å². The summed E-state index contributed by atoms with van der Waals surface area (Å²) in [6.07, 6.45) is 0.988. The Balaban J connectivity index is 3.28. The molecule has 0 unspecified atom stereocenters. The van der Waals surface area contributed by atoms with Crippen molar-refractivity contribution < 1.29 is 24.6 Å². The largest absolute Gasteiger partial charge is 0.479 e. The number of amides is 2. The van der Waals surface area contributed by atoms with Gasteiger partial charge in [0, 0.05) is 32.4 Å². The van der Waals surface area contributed by atoms with Crippen LogP contribution < -0.4 is 16.8 Å². The van der Waals surface area contributed by atoms with Crippen LogP contribution in [0.2, 0.25) is 0 Å². The SMILES string of the molecule is CCCN(CCC)C(=O)[C@H](NC(C)=O)[C@H]1C[C@@](O)(C(=O)O)C[C@@H]1N=C(N)N. The number of carbonyl (C=O) groups excluding carboxylic acids is 2. The number of hydrogen-bond acceptors (Lipinski definition) is 5. The number of aliphatic carboxylic acids is 1. The van der Waals surface area contributed by atoms with Crippen LogP contribution >= 0.6 is 0 Å². The number of carboxylic acid groups (broad SMARTS) is 1. The van der Waals surface area contributed by atoms with Crippen LogP contribution in [0.15, 0.2) is 4.99 Å². The molecule has 0 aromatic heterocycles. The number of nitrogens with zero attached hydrogens (tertiary/aromatic N) is 2. The highest BCUT2D eigenvalue weighted by molar-refractivity contribution is 5.88. The molecule has 0 aliphatic heterocycles. The molecule has 154 valence electrons. The fraction of sp³-hybridized carbons (Fsp3) is 0.765. The van der Waals surface area contributed by atoms with E-state index in [-0.39, 0.29) is 24.7 Å². The van der Waals surface area contributed by atoms with Crippen LogP contribution in [-0.2, 0) is 14.4 Å². The number of aliphatic hydroxyl groups is 1. The molecule has 4 atom stereocenters. The predicted molar refractivity (Wildman–Crippen MR) is 99.7 cm³/mol. The average molecular weight is 385 g/mol. The molecule has 0 heterocycles. The summed E-state index contributed by atoms with van der Waals surface area (Å²) in [6.45, 7) is 6.16. The Hall–Kier alpha value is -2.36. The summed E-state index contributed by atoms with van der Waals surface area (Å²) in [5.41, 5.74) is 8.83. The molecule has 0 radical (unpaired) electrons. The smallest absolute Gasteiger partial charge is 0.335 e. The third-order valence-corrected chi connectivity index (χ3v) is 4.68. The van der Waals surface area contributed by atoms with E-state index in [2.05, 4.69) is 10.3 Å². The predicted octanol–water partition coefficient (Wildman–Crippen LogP) is -0.993. The molecule has 10 nitrogen and oxygen atoms in total. The van der Waals surface area contributed by atoms with Crippen molar-refractivity contribution in [3.8, 4) is 0 Å². The van der Waals surface area contributed by atoms with E-state index in [0.717, 1.165) is 12.8 Å². The van der Waals surface area contributed by atoms with Crippen LogP contribution in [0.25, 0.3) is 0 Å². The third kappa shape index (κ3) is 5.81. The Morgan fingerprint density at radius 2 is 1.78 bits per heavy atom. The second-order valence-corrected chi connectivity index (χ2v) is 7.03. The van der Waals surface area contributed by atoms with Crippen LogP contribution in [0, 0.1) is 5.92 Å². The van der Waals surface area contributed by atoms with Crippen molar-refractivity contribution >= 4 is 23.7 Å². The van der Waals surface area contributed by atoms with Gasteiger partial charge in [-0.3, -0.25) is 9.59 Å². The highest BCUT2D eigenvalue weighted by atomic mass is 16.4. The molecule has 1 aliphatic carbocycles. The second-order valence-electron chi connectivity index (χ2n) is 7.03. The molecule has 27 heavy (non-hydrogen) atoms. The van der Waals surface area contributed by atoms with Crippen LogP contribution in [0.5, 0.6) is 0 Å². The van der Waals surface area contributed by atoms with Crippen LogP contribution in [0.4, 0.5) is 0 Å². The lowest BCUT2D eigenvalue weighted by Gasteiger charge is -2.32. The van der Waals surface area contributed by atoms with E-state index in [1.54, 1.807) is 4.90 Å². The Bertz CT molecular complexity index is 586.